The third-order valence-electron chi connectivity index (χ3n) is 2.36. The summed E-state index contributed by atoms with van der Waals surface area (Å²) >= 11 is 0. The Morgan fingerprint density at radius 1 is 1.18 bits per heavy atom. The minimum Gasteiger partial charge on any atom is -0.398 e. The van der Waals surface area contributed by atoms with Crippen LogP contribution in [0.15, 0.2) is 29.8 Å². The van der Waals surface area contributed by atoms with Crippen molar-refractivity contribution in [2.45, 2.75) is 20.0 Å². The highest BCUT2D eigenvalue weighted by Gasteiger charge is 2.40. The molecule has 1 aromatic carbocycles. The van der Waals surface area contributed by atoms with Gasteiger partial charge < -0.3 is 5.73 Å². The van der Waals surface area contributed by atoms with Gasteiger partial charge in [-0.15, -0.1) is 0 Å². The Bertz CT molecular complexity index is 458. The molecule has 0 radical (unpaired) electrons. The Kier molecular flexibility index (Phi) is 3.60. The van der Waals surface area contributed by atoms with E-state index in [2.05, 4.69) is 0 Å². The Balaban J connectivity index is 3.14. The molecule has 0 atom stereocenters. The molecule has 0 fully saturated rings. The number of hydrogen-bond acceptors (Lipinski definition) is 2. The second kappa shape index (κ2) is 4.61. The van der Waals surface area contributed by atoms with Gasteiger partial charge in [0.1, 0.15) is 0 Å². The van der Waals surface area contributed by atoms with Gasteiger partial charge in [-0.3, -0.25) is 4.79 Å². The number of ketones is 1. The number of hydrogen-bond donors (Lipinski definition) is 1. The van der Waals surface area contributed by atoms with E-state index in [1.165, 1.54) is 0 Å². The first-order valence-corrected chi connectivity index (χ1v) is 4.88. The summed E-state index contributed by atoms with van der Waals surface area (Å²) in [7, 11) is 0. The SMILES string of the molecule is CC(C(=O)C(F)(F)F)=C(N)c1ccc(C)cc1. The average Bonchev–Trinajstić information content (AvgIpc) is 2.26. The maximum Gasteiger partial charge on any atom is 0.454 e. The predicted molar refractivity (Wildman–Crippen MR) is 59.0 cm³/mol. The van der Waals surface area contributed by atoms with Crippen molar-refractivity contribution in [1.29, 1.82) is 0 Å². The molecule has 5 heteroatoms. The molecular formula is C12H12F3NO. The molecule has 17 heavy (non-hydrogen) atoms. The number of nitrogens with two attached hydrogens (primary N) is 1. The molecule has 0 heterocycles. The minimum absolute atomic E-state index is 0.146. The van der Waals surface area contributed by atoms with Gasteiger partial charge in [0.05, 0.1) is 0 Å². The molecule has 0 aliphatic rings. The molecule has 0 aliphatic carbocycles. The largest absolute Gasteiger partial charge is 0.454 e. The van der Waals surface area contributed by atoms with E-state index >= 15 is 0 Å². The summed E-state index contributed by atoms with van der Waals surface area (Å²) in [6, 6.07) is 6.59. The number of carbonyl (C=O) groups is 1. The first-order valence-electron chi connectivity index (χ1n) is 4.88. The van der Waals surface area contributed by atoms with Gasteiger partial charge in [-0.25, -0.2) is 0 Å². The van der Waals surface area contributed by atoms with E-state index in [1.54, 1.807) is 24.3 Å². The normalized spacial score (nSPS) is 13.2. The van der Waals surface area contributed by atoms with Crippen LogP contribution in [0.25, 0.3) is 5.70 Å². The molecule has 2 N–H and O–H groups in total. The van der Waals surface area contributed by atoms with Crippen LogP contribution >= 0.6 is 0 Å². The van der Waals surface area contributed by atoms with Gasteiger partial charge in [-0.05, 0) is 19.4 Å². The Labute approximate surface area is 96.9 Å². The van der Waals surface area contributed by atoms with Crippen molar-refractivity contribution < 1.29 is 18.0 Å². The topological polar surface area (TPSA) is 43.1 Å². The molecule has 0 saturated carbocycles. The lowest BCUT2D eigenvalue weighted by molar-refractivity contribution is -0.166. The second-order valence-electron chi connectivity index (χ2n) is 3.73. The van der Waals surface area contributed by atoms with Gasteiger partial charge in [0, 0.05) is 11.3 Å². The van der Waals surface area contributed by atoms with Gasteiger partial charge in [0.25, 0.3) is 5.78 Å². The number of Topliss-reactive ketones (excluding diaryl/α,β-unsaturated/α-hetero) is 1. The summed E-state index contributed by atoms with van der Waals surface area (Å²) in [5.74, 6) is -1.91. The van der Waals surface area contributed by atoms with Crippen molar-refractivity contribution >= 4 is 11.5 Å². The van der Waals surface area contributed by atoms with E-state index in [0.29, 0.717) is 5.56 Å². The van der Waals surface area contributed by atoms with E-state index in [4.69, 9.17) is 5.73 Å². The Morgan fingerprint density at radius 2 is 1.65 bits per heavy atom. The smallest absolute Gasteiger partial charge is 0.398 e. The van der Waals surface area contributed by atoms with Crippen molar-refractivity contribution in [1.82, 2.24) is 0 Å². The van der Waals surface area contributed by atoms with Crippen LogP contribution < -0.4 is 5.73 Å². The summed E-state index contributed by atoms with van der Waals surface area (Å²) in [4.78, 5) is 11.0. The molecular weight excluding hydrogens is 231 g/mol. The van der Waals surface area contributed by atoms with E-state index in [-0.39, 0.29) is 5.70 Å². The molecule has 0 spiro atoms. The van der Waals surface area contributed by atoms with Crippen LogP contribution in [0.4, 0.5) is 13.2 Å². The molecule has 1 aromatic rings. The van der Waals surface area contributed by atoms with E-state index in [0.717, 1.165) is 12.5 Å². The summed E-state index contributed by atoms with van der Waals surface area (Å²) in [6.07, 6.45) is -4.89. The van der Waals surface area contributed by atoms with Gasteiger partial charge in [0.2, 0.25) is 0 Å². The highest BCUT2D eigenvalue weighted by molar-refractivity contribution is 6.04. The van der Waals surface area contributed by atoms with Crippen molar-refractivity contribution in [3.63, 3.8) is 0 Å². The zero-order chi connectivity index (χ0) is 13.2. The molecule has 2 nitrogen and oxygen atoms in total. The Hall–Kier alpha value is -1.78. The van der Waals surface area contributed by atoms with Crippen molar-refractivity contribution in [3.05, 3.63) is 41.0 Å². The predicted octanol–water partition coefficient (Wildman–Crippen LogP) is 2.82. The quantitative estimate of drug-likeness (QED) is 0.811. The van der Waals surface area contributed by atoms with E-state index in [1.807, 2.05) is 6.92 Å². The lowest BCUT2D eigenvalue weighted by Crippen LogP contribution is -2.25. The van der Waals surface area contributed by atoms with E-state index < -0.39 is 17.5 Å². The van der Waals surface area contributed by atoms with Crippen LogP contribution in [0.5, 0.6) is 0 Å². The van der Waals surface area contributed by atoms with Crippen LogP contribution in [0.2, 0.25) is 0 Å². The number of alkyl halides is 3. The van der Waals surface area contributed by atoms with Crippen LogP contribution in [-0.4, -0.2) is 12.0 Å². The van der Waals surface area contributed by atoms with Crippen LogP contribution in [0, 0.1) is 6.92 Å². The van der Waals surface area contributed by atoms with E-state index in [9.17, 15) is 18.0 Å². The van der Waals surface area contributed by atoms with Crippen LogP contribution in [-0.2, 0) is 4.79 Å². The second-order valence-corrected chi connectivity index (χ2v) is 3.73. The number of halogens is 3. The monoisotopic (exact) mass is 243 g/mol. The molecule has 0 aliphatic heterocycles. The fourth-order valence-electron chi connectivity index (χ4n) is 1.28. The summed E-state index contributed by atoms with van der Waals surface area (Å²) in [5, 5.41) is 0. The lowest BCUT2D eigenvalue weighted by atomic mass is 10.0. The van der Waals surface area contributed by atoms with Crippen molar-refractivity contribution in [2.24, 2.45) is 5.73 Å². The summed E-state index contributed by atoms with van der Waals surface area (Å²) < 4.78 is 36.6. The highest BCUT2D eigenvalue weighted by Crippen LogP contribution is 2.24. The highest BCUT2D eigenvalue weighted by atomic mass is 19.4. The van der Waals surface area contributed by atoms with Crippen LogP contribution in [0.3, 0.4) is 0 Å². The molecule has 0 aromatic heterocycles. The standard InChI is InChI=1S/C12H12F3NO/c1-7-3-5-9(6-4-7)10(16)8(2)11(17)12(13,14)15/h3-6H,16H2,1-2H3. The van der Waals surface area contributed by atoms with Crippen molar-refractivity contribution in [3.8, 4) is 0 Å². The number of rotatable bonds is 2. The summed E-state index contributed by atoms with van der Waals surface area (Å²) in [5.41, 5.74) is 6.28. The number of aryl methyl sites for hydroxylation is 1. The average molecular weight is 243 g/mol. The fourth-order valence-corrected chi connectivity index (χ4v) is 1.28. The number of carbonyl (C=O) groups excluding carboxylic acids is 1. The number of benzene rings is 1. The molecule has 0 amide bonds. The zero-order valence-electron chi connectivity index (χ0n) is 9.43. The molecule has 0 bridgehead atoms. The van der Waals surface area contributed by atoms with Crippen molar-refractivity contribution in [2.75, 3.05) is 0 Å². The third-order valence-corrected chi connectivity index (χ3v) is 2.36. The van der Waals surface area contributed by atoms with Gasteiger partial charge in [0.15, 0.2) is 0 Å². The summed E-state index contributed by atoms with van der Waals surface area (Å²) in [6.45, 7) is 2.92. The first-order chi connectivity index (χ1) is 7.73. The van der Waals surface area contributed by atoms with Gasteiger partial charge in [-0.1, -0.05) is 29.8 Å². The molecule has 0 unspecified atom stereocenters. The maximum atomic E-state index is 12.2. The zero-order valence-corrected chi connectivity index (χ0v) is 9.43. The fraction of sp³-hybridized carbons (Fsp3) is 0.250. The number of allylic oxidation sites excluding steroid dienone is 1. The lowest BCUT2D eigenvalue weighted by Gasteiger charge is -2.09. The van der Waals surface area contributed by atoms with Gasteiger partial charge >= 0.3 is 6.18 Å². The molecule has 1 rings (SSSR count). The van der Waals surface area contributed by atoms with Gasteiger partial charge in [-0.2, -0.15) is 13.2 Å². The van der Waals surface area contributed by atoms with Crippen LogP contribution in [0.1, 0.15) is 18.1 Å². The third kappa shape index (κ3) is 3.09. The molecule has 0 saturated heterocycles. The molecule has 92 valence electrons. The first kappa shape index (κ1) is 13.3. The minimum atomic E-state index is -4.89. The Morgan fingerprint density at radius 3 is 2.06 bits per heavy atom. The maximum absolute atomic E-state index is 12.2.